The molecule has 1 fully saturated rings. The average molecular weight is 382 g/mol. The minimum absolute atomic E-state index is 0.443. The van der Waals surface area contributed by atoms with Gasteiger partial charge in [0.1, 0.15) is 5.82 Å². The smallest absolute Gasteiger partial charge is 0.177 e. The Morgan fingerprint density at radius 1 is 0.966 bits per heavy atom. The molecule has 1 saturated heterocycles. The third kappa shape index (κ3) is 3.87. The van der Waals surface area contributed by atoms with Crippen LogP contribution < -0.4 is 0 Å². The van der Waals surface area contributed by atoms with Crippen molar-refractivity contribution in [2.24, 2.45) is 0 Å². The first kappa shape index (κ1) is 17.9. The Morgan fingerprint density at radius 2 is 1.83 bits per heavy atom. The summed E-state index contributed by atoms with van der Waals surface area (Å²) < 4.78 is 0. The van der Waals surface area contributed by atoms with Gasteiger partial charge in [-0.3, -0.25) is 4.90 Å². The van der Waals surface area contributed by atoms with Gasteiger partial charge in [-0.05, 0) is 60.8 Å². The van der Waals surface area contributed by atoms with Gasteiger partial charge in [-0.1, -0.05) is 48.5 Å². The molecule has 1 aliphatic rings. The van der Waals surface area contributed by atoms with Crippen LogP contribution in [0.4, 0.5) is 0 Å². The van der Waals surface area contributed by atoms with E-state index >= 15 is 0 Å². The second-order valence-electron chi connectivity index (χ2n) is 7.63. The summed E-state index contributed by atoms with van der Waals surface area (Å²) in [6, 6.07) is 24.3. The highest BCUT2D eigenvalue weighted by atomic mass is 15.2. The van der Waals surface area contributed by atoms with E-state index in [9.17, 15) is 0 Å². The van der Waals surface area contributed by atoms with Crippen LogP contribution in [-0.4, -0.2) is 38.2 Å². The summed E-state index contributed by atoms with van der Waals surface area (Å²) >= 11 is 0. The van der Waals surface area contributed by atoms with Crippen molar-refractivity contribution < 1.29 is 0 Å². The molecule has 2 aromatic carbocycles. The van der Waals surface area contributed by atoms with Crippen molar-refractivity contribution in [2.75, 3.05) is 13.1 Å². The molecule has 2 aromatic heterocycles. The standard InChI is InChI=1S/C24H24N5/c1-2-7-18(8-3-1)21-10-5-4-9-20(21)17-29-15-12-19(13-16-29)23-26-24(28-27-23)22-11-6-14-25-22/h1-9,11,14,19,25H,12-13,15-17H2,(H,26,27,28). The van der Waals surface area contributed by atoms with E-state index in [-0.39, 0.29) is 0 Å². The molecule has 0 spiro atoms. The molecule has 3 heterocycles. The van der Waals surface area contributed by atoms with Crippen LogP contribution in [0.15, 0.2) is 66.9 Å². The lowest BCUT2D eigenvalue weighted by Gasteiger charge is -2.31. The highest BCUT2D eigenvalue weighted by Gasteiger charge is 2.24. The summed E-state index contributed by atoms with van der Waals surface area (Å²) in [7, 11) is 0. The van der Waals surface area contributed by atoms with Gasteiger partial charge >= 0.3 is 0 Å². The van der Waals surface area contributed by atoms with Crippen molar-refractivity contribution in [3.63, 3.8) is 0 Å². The number of piperidine rings is 1. The molecule has 5 nitrogen and oxygen atoms in total. The number of nitrogens with one attached hydrogen (secondary N) is 2. The molecule has 5 rings (SSSR count). The number of aromatic nitrogens is 4. The van der Waals surface area contributed by atoms with Gasteiger partial charge in [0.25, 0.3) is 0 Å². The lowest BCUT2D eigenvalue weighted by atomic mass is 9.94. The van der Waals surface area contributed by atoms with E-state index in [1.807, 2.05) is 24.4 Å². The molecular weight excluding hydrogens is 358 g/mol. The maximum absolute atomic E-state index is 4.41. The monoisotopic (exact) mass is 382 g/mol. The summed E-state index contributed by atoms with van der Waals surface area (Å²) in [5.74, 6) is 2.27. The minimum atomic E-state index is 0.443. The van der Waals surface area contributed by atoms with Crippen molar-refractivity contribution in [1.29, 1.82) is 0 Å². The molecule has 5 heteroatoms. The van der Waals surface area contributed by atoms with Crippen LogP contribution in [0.5, 0.6) is 0 Å². The number of nitrogens with zero attached hydrogens (tertiary/aromatic N) is 3. The van der Waals surface area contributed by atoms with E-state index in [1.54, 1.807) is 0 Å². The summed E-state index contributed by atoms with van der Waals surface area (Å²) in [5, 5.41) is 8.72. The summed E-state index contributed by atoms with van der Waals surface area (Å²) in [4.78, 5) is 9.12. The maximum Gasteiger partial charge on any atom is 0.177 e. The van der Waals surface area contributed by atoms with E-state index in [0.29, 0.717) is 5.92 Å². The second-order valence-corrected chi connectivity index (χ2v) is 7.63. The first-order chi connectivity index (χ1) is 14.4. The normalized spacial score (nSPS) is 15.6. The van der Waals surface area contributed by atoms with Gasteiger partial charge in [-0.2, -0.15) is 0 Å². The fourth-order valence-corrected chi connectivity index (χ4v) is 4.14. The van der Waals surface area contributed by atoms with Crippen LogP contribution >= 0.6 is 0 Å². The maximum atomic E-state index is 4.41. The molecule has 29 heavy (non-hydrogen) atoms. The van der Waals surface area contributed by atoms with E-state index < -0.39 is 0 Å². The van der Waals surface area contributed by atoms with Gasteiger partial charge in [-0.15, -0.1) is 10.2 Å². The minimum Gasteiger partial charge on any atom is -0.359 e. The zero-order chi connectivity index (χ0) is 19.5. The summed E-state index contributed by atoms with van der Waals surface area (Å²) in [5.41, 5.74) is 4.76. The van der Waals surface area contributed by atoms with E-state index in [0.717, 1.165) is 49.8 Å². The fourth-order valence-electron chi connectivity index (χ4n) is 4.14. The Morgan fingerprint density at radius 3 is 2.62 bits per heavy atom. The number of rotatable bonds is 5. The molecule has 0 unspecified atom stereocenters. The van der Waals surface area contributed by atoms with Gasteiger partial charge in [0.05, 0.1) is 5.69 Å². The third-order valence-corrected chi connectivity index (χ3v) is 5.73. The average Bonchev–Trinajstić information content (AvgIpc) is 3.48. The second kappa shape index (κ2) is 8.05. The van der Waals surface area contributed by atoms with Crippen molar-refractivity contribution in [2.45, 2.75) is 25.3 Å². The van der Waals surface area contributed by atoms with E-state index in [4.69, 9.17) is 0 Å². The van der Waals surface area contributed by atoms with Gasteiger partial charge < -0.3 is 9.97 Å². The highest BCUT2D eigenvalue weighted by Crippen LogP contribution is 2.29. The van der Waals surface area contributed by atoms with Gasteiger partial charge in [0.2, 0.25) is 0 Å². The van der Waals surface area contributed by atoms with Crippen LogP contribution in [-0.2, 0) is 6.54 Å². The topological polar surface area (TPSA) is 60.6 Å². The number of likely N-dealkylation sites (tertiary alicyclic amines) is 1. The predicted octanol–water partition coefficient (Wildman–Crippen LogP) is 4.65. The van der Waals surface area contributed by atoms with E-state index in [1.165, 1.54) is 16.7 Å². The third-order valence-electron chi connectivity index (χ3n) is 5.73. The molecular formula is C24H24N5. The zero-order valence-electron chi connectivity index (χ0n) is 16.3. The van der Waals surface area contributed by atoms with Crippen LogP contribution in [0.25, 0.3) is 22.6 Å². The molecule has 1 aliphatic heterocycles. The molecule has 0 aliphatic carbocycles. The molecule has 1 radical (unpaired) electrons. The predicted molar refractivity (Wildman–Crippen MR) is 114 cm³/mol. The van der Waals surface area contributed by atoms with Crippen molar-refractivity contribution in [3.05, 3.63) is 84.3 Å². The summed E-state index contributed by atoms with van der Waals surface area (Å²) in [6.07, 6.45) is 4.09. The number of aromatic amines is 2. The van der Waals surface area contributed by atoms with Crippen LogP contribution in [0.1, 0.15) is 30.1 Å². The zero-order valence-corrected chi connectivity index (χ0v) is 16.3. The van der Waals surface area contributed by atoms with Gasteiger partial charge in [0, 0.05) is 18.7 Å². The molecule has 4 aromatic rings. The van der Waals surface area contributed by atoms with Crippen molar-refractivity contribution in [3.8, 4) is 22.6 Å². The molecule has 0 amide bonds. The number of hydrogen-bond donors (Lipinski definition) is 2. The molecule has 0 atom stereocenters. The van der Waals surface area contributed by atoms with E-state index in [2.05, 4.69) is 73.6 Å². The quantitative estimate of drug-likeness (QED) is 0.528. The molecule has 2 N–H and O–H groups in total. The molecule has 145 valence electrons. The number of benzene rings is 2. The first-order valence-corrected chi connectivity index (χ1v) is 10.2. The Bertz CT molecular complexity index is 1040. The fraction of sp³-hybridized carbons (Fsp3) is 0.250. The molecule has 0 bridgehead atoms. The highest BCUT2D eigenvalue weighted by molar-refractivity contribution is 5.66. The van der Waals surface area contributed by atoms with Crippen molar-refractivity contribution in [1.82, 2.24) is 25.1 Å². The Hall–Kier alpha value is -3.18. The first-order valence-electron chi connectivity index (χ1n) is 10.2. The Labute approximate surface area is 170 Å². The van der Waals surface area contributed by atoms with Crippen molar-refractivity contribution >= 4 is 0 Å². The SMILES string of the molecule is [c]1cccc(CN2CCC(c3nnc(-c4ccc[nH]4)[nH]3)CC2)c1-c1ccccc1. The molecule has 0 saturated carbocycles. The lowest BCUT2D eigenvalue weighted by Crippen LogP contribution is -2.33. The van der Waals surface area contributed by atoms with Crippen LogP contribution in [0, 0.1) is 6.07 Å². The largest absolute Gasteiger partial charge is 0.359 e. The number of H-pyrrole nitrogens is 2. The Balaban J connectivity index is 1.24. The van der Waals surface area contributed by atoms with Gasteiger partial charge in [-0.25, -0.2) is 0 Å². The number of hydrogen-bond acceptors (Lipinski definition) is 3. The van der Waals surface area contributed by atoms with Crippen LogP contribution in [0.2, 0.25) is 0 Å². The van der Waals surface area contributed by atoms with Gasteiger partial charge in [0.15, 0.2) is 5.82 Å². The summed E-state index contributed by atoms with van der Waals surface area (Å²) in [6.45, 7) is 3.08. The van der Waals surface area contributed by atoms with Crippen LogP contribution in [0.3, 0.4) is 0 Å². The lowest BCUT2D eigenvalue weighted by molar-refractivity contribution is 0.202. The Kier molecular flexibility index (Phi) is 4.97.